The molecule has 4 rings (SSSR count). The van der Waals surface area contributed by atoms with Gasteiger partial charge in [-0.25, -0.2) is 0 Å². The Morgan fingerprint density at radius 3 is 2.59 bits per heavy atom. The van der Waals surface area contributed by atoms with E-state index in [-0.39, 0.29) is 0 Å². The number of anilines is 2. The molecule has 1 fully saturated rings. The van der Waals surface area contributed by atoms with Crippen LogP contribution in [-0.2, 0) is 0 Å². The fraction of sp³-hybridized carbons (Fsp3) is 0.294. The van der Waals surface area contributed by atoms with Crippen molar-refractivity contribution in [2.24, 2.45) is 0 Å². The fourth-order valence-electron chi connectivity index (χ4n) is 3.72. The molecular weight excluding hydrogens is 298 g/mol. The third-order valence-corrected chi connectivity index (χ3v) is 4.88. The normalized spacial score (nSPS) is 23.2. The van der Waals surface area contributed by atoms with Gasteiger partial charge in [0.1, 0.15) is 5.75 Å². The molecule has 22 heavy (non-hydrogen) atoms. The summed E-state index contributed by atoms with van der Waals surface area (Å²) in [6.45, 7) is 1.92. The van der Waals surface area contributed by atoms with Gasteiger partial charge in [-0.05, 0) is 37.4 Å². The molecule has 2 atom stereocenters. The molecule has 2 aliphatic rings. The van der Waals surface area contributed by atoms with Gasteiger partial charge in [0.2, 0.25) is 0 Å². The molecule has 2 aromatic carbocycles. The first-order valence-electron chi connectivity index (χ1n) is 7.37. The molecule has 0 aromatic heterocycles. The van der Waals surface area contributed by atoms with Crippen molar-refractivity contribution >= 4 is 23.0 Å². The molecule has 2 aromatic rings. The van der Waals surface area contributed by atoms with Gasteiger partial charge in [-0.1, -0.05) is 11.6 Å². The monoisotopic (exact) mass is 315 g/mol. The van der Waals surface area contributed by atoms with E-state index in [1.165, 1.54) is 0 Å². The SMILES string of the molecule is CN1C[C@H]2c3cc(N)ccc3Oc3c(N)cc(Cl)cc3[C@@H]2C1. The molecule has 4 N–H and O–H groups in total. The Bertz CT molecular complexity index is 762. The minimum absolute atomic E-state index is 0.309. The molecule has 4 nitrogen and oxygen atoms in total. The third kappa shape index (κ3) is 2.02. The van der Waals surface area contributed by atoms with Crippen molar-refractivity contribution in [3.63, 3.8) is 0 Å². The number of nitrogens with zero attached hydrogens (tertiary/aromatic N) is 1. The molecule has 0 unspecified atom stereocenters. The van der Waals surface area contributed by atoms with Crippen LogP contribution in [0.1, 0.15) is 23.0 Å². The Kier molecular flexibility index (Phi) is 2.99. The molecule has 0 saturated carbocycles. The van der Waals surface area contributed by atoms with E-state index in [0.717, 1.165) is 41.4 Å². The number of nitrogens with two attached hydrogens (primary N) is 2. The van der Waals surface area contributed by atoms with Crippen LogP contribution in [0.4, 0.5) is 11.4 Å². The Balaban J connectivity index is 1.97. The Morgan fingerprint density at radius 2 is 1.82 bits per heavy atom. The number of fused-ring (bicyclic) bond motifs is 5. The van der Waals surface area contributed by atoms with Crippen molar-refractivity contribution in [2.75, 3.05) is 31.6 Å². The van der Waals surface area contributed by atoms with Crippen LogP contribution in [0, 0.1) is 0 Å². The summed E-state index contributed by atoms with van der Waals surface area (Å²) in [5, 5.41) is 0.652. The van der Waals surface area contributed by atoms with Crippen LogP contribution < -0.4 is 16.2 Å². The summed E-state index contributed by atoms with van der Waals surface area (Å²) in [5.74, 6) is 2.22. The highest BCUT2D eigenvalue weighted by molar-refractivity contribution is 6.31. The fourth-order valence-corrected chi connectivity index (χ4v) is 3.96. The molecule has 5 heteroatoms. The zero-order chi connectivity index (χ0) is 15.4. The lowest BCUT2D eigenvalue weighted by Gasteiger charge is -2.18. The van der Waals surface area contributed by atoms with Crippen LogP contribution in [0.3, 0.4) is 0 Å². The van der Waals surface area contributed by atoms with Crippen LogP contribution in [0.15, 0.2) is 30.3 Å². The first-order chi connectivity index (χ1) is 10.5. The second-order valence-corrected chi connectivity index (χ2v) is 6.68. The van der Waals surface area contributed by atoms with Gasteiger partial charge in [0.25, 0.3) is 0 Å². The predicted octanol–water partition coefficient (Wildman–Crippen LogP) is 3.42. The van der Waals surface area contributed by atoms with E-state index in [9.17, 15) is 0 Å². The van der Waals surface area contributed by atoms with Crippen molar-refractivity contribution in [3.8, 4) is 11.5 Å². The largest absolute Gasteiger partial charge is 0.455 e. The lowest BCUT2D eigenvalue weighted by atomic mass is 9.84. The maximum atomic E-state index is 6.23. The van der Waals surface area contributed by atoms with Crippen molar-refractivity contribution < 1.29 is 4.74 Å². The predicted molar refractivity (Wildman–Crippen MR) is 89.8 cm³/mol. The number of ether oxygens (including phenoxy) is 1. The lowest BCUT2D eigenvalue weighted by Crippen LogP contribution is -2.14. The second kappa shape index (κ2) is 4.80. The van der Waals surface area contributed by atoms with E-state index in [1.807, 2.05) is 24.3 Å². The van der Waals surface area contributed by atoms with Gasteiger partial charge < -0.3 is 21.1 Å². The summed E-state index contributed by atoms with van der Waals surface area (Å²) in [7, 11) is 2.13. The number of halogens is 1. The summed E-state index contributed by atoms with van der Waals surface area (Å²) in [6.07, 6.45) is 0. The van der Waals surface area contributed by atoms with E-state index in [2.05, 4.69) is 11.9 Å². The highest BCUT2D eigenvalue weighted by Gasteiger charge is 2.39. The Labute approximate surface area is 134 Å². The summed E-state index contributed by atoms with van der Waals surface area (Å²) >= 11 is 6.23. The van der Waals surface area contributed by atoms with Crippen LogP contribution in [-0.4, -0.2) is 25.0 Å². The minimum Gasteiger partial charge on any atom is -0.455 e. The Hall–Kier alpha value is -1.91. The van der Waals surface area contributed by atoms with E-state index in [1.54, 1.807) is 6.07 Å². The number of hydrogen-bond donors (Lipinski definition) is 2. The van der Waals surface area contributed by atoms with E-state index in [4.69, 9.17) is 27.8 Å². The standard InChI is InChI=1S/C17H18ClN3O/c1-21-7-13-11-6-10(19)2-3-16(11)22-17-12(14(13)8-21)4-9(18)5-15(17)20/h2-6,13-14H,7-8,19-20H2,1H3/t13-,14-/m0/s1. The number of likely N-dealkylation sites (tertiary alicyclic amines) is 1. The third-order valence-electron chi connectivity index (χ3n) is 4.66. The molecular formula is C17H18ClN3O. The minimum atomic E-state index is 0.309. The van der Waals surface area contributed by atoms with Gasteiger partial charge in [-0.15, -0.1) is 0 Å². The molecule has 0 amide bonds. The van der Waals surface area contributed by atoms with Crippen LogP contribution in [0.25, 0.3) is 0 Å². The van der Waals surface area contributed by atoms with Crippen LogP contribution in [0.5, 0.6) is 11.5 Å². The number of nitrogen functional groups attached to an aromatic ring is 2. The van der Waals surface area contributed by atoms with Gasteiger partial charge in [0.15, 0.2) is 5.75 Å². The maximum Gasteiger partial charge on any atom is 0.153 e. The summed E-state index contributed by atoms with van der Waals surface area (Å²) < 4.78 is 6.16. The highest BCUT2D eigenvalue weighted by atomic mass is 35.5. The summed E-state index contributed by atoms with van der Waals surface area (Å²) in [6, 6.07) is 9.55. The van der Waals surface area contributed by atoms with E-state index < -0.39 is 0 Å². The topological polar surface area (TPSA) is 64.5 Å². The maximum absolute atomic E-state index is 6.23. The molecule has 2 heterocycles. The quantitative estimate of drug-likeness (QED) is 0.731. The molecule has 0 radical (unpaired) electrons. The zero-order valence-corrected chi connectivity index (χ0v) is 13.1. The lowest BCUT2D eigenvalue weighted by molar-refractivity contribution is 0.401. The molecule has 114 valence electrons. The van der Waals surface area contributed by atoms with E-state index in [0.29, 0.717) is 22.5 Å². The molecule has 0 bridgehead atoms. The molecule has 0 aliphatic carbocycles. The average molecular weight is 316 g/mol. The first-order valence-corrected chi connectivity index (χ1v) is 7.75. The number of rotatable bonds is 0. The van der Waals surface area contributed by atoms with Crippen LogP contribution in [0.2, 0.25) is 5.02 Å². The van der Waals surface area contributed by atoms with E-state index >= 15 is 0 Å². The molecule has 1 saturated heterocycles. The van der Waals surface area contributed by atoms with Gasteiger partial charge in [-0.3, -0.25) is 0 Å². The van der Waals surface area contributed by atoms with Crippen molar-refractivity contribution in [2.45, 2.75) is 11.8 Å². The average Bonchev–Trinajstić information content (AvgIpc) is 2.79. The molecule has 0 spiro atoms. The van der Waals surface area contributed by atoms with Gasteiger partial charge in [0.05, 0.1) is 5.69 Å². The number of benzene rings is 2. The van der Waals surface area contributed by atoms with Gasteiger partial charge in [0, 0.05) is 46.8 Å². The van der Waals surface area contributed by atoms with Gasteiger partial charge in [-0.2, -0.15) is 0 Å². The first kappa shape index (κ1) is 13.7. The van der Waals surface area contributed by atoms with Crippen molar-refractivity contribution in [3.05, 3.63) is 46.5 Å². The molecule has 2 aliphatic heterocycles. The van der Waals surface area contributed by atoms with Crippen molar-refractivity contribution in [1.29, 1.82) is 0 Å². The summed E-state index contributed by atoms with van der Waals surface area (Å²) in [4.78, 5) is 2.33. The van der Waals surface area contributed by atoms with Gasteiger partial charge >= 0.3 is 0 Å². The van der Waals surface area contributed by atoms with Crippen molar-refractivity contribution in [1.82, 2.24) is 4.90 Å². The van der Waals surface area contributed by atoms with Crippen LogP contribution >= 0.6 is 11.6 Å². The zero-order valence-electron chi connectivity index (χ0n) is 12.3. The smallest absolute Gasteiger partial charge is 0.153 e. The number of likely N-dealkylation sites (N-methyl/N-ethyl adjacent to an activating group) is 1. The second-order valence-electron chi connectivity index (χ2n) is 6.25. The Morgan fingerprint density at radius 1 is 1.09 bits per heavy atom. The summed E-state index contributed by atoms with van der Waals surface area (Å²) in [5.41, 5.74) is 15.7. The highest BCUT2D eigenvalue weighted by Crippen LogP contribution is 2.52. The number of hydrogen-bond acceptors (Lipinski definition) is 4.